The maximum absolute atomic E-state index is 13.1. The molecule has 6 heteroatoms. The van der Waals surface area contributed by atoms with E-state index in [0.717, 1.165) is 54.1 Å². The number of carbonyl (C=O) groups is 1. The minimum absolute atomic E-state index is 0.192. The molecule has 0 radical (unpaired) electrons. The normalized spacial score (nSPS) is 13.4. The van der Waals surface area contributed by atoms with E-state index in [2.05, 4.69) is 10.4 Å². The first kappa shape index (κ1) is 19.2. The van der Waals surface area contributed by atoms with E-state index in [1.807, 2.05) is 67.1 Å². The van der Waals surface area contributed by atoms with Crippen molar-refractivity contribution in [2.45, 2.75) is 52.6 Å². The van der Waals surface area contributed by atoms with Gasteiger partial charge in [-0.25, -0.2) is 14.5 Å². The van der Waals surface area contributed by atoms with Gasteiger partial charge in [0.15, 0.2) is 5.82 Å². The zero-order valence-electron chi connectivity index (χ0n) is 17.1. The highest BCUT2D eigenvalue weighted by Crippen LogP contribution is 2.20. The molecule has 0 aliphatic carbocycles. The van der Waals surface area contributed by atoms with Crippen molar-refractivity contribution in [3.63, 3.8) is 0 Å². The van der Waals surface area contributed by atoms with E-state index < -0.39 is 0 Å². The molecule has 150 valence electrons. The van der Waals surface area contributed by atoms with Crippen molar-refractivity contribution < 1.29 is 4.79 Å². The lowest BCUT2D eigenvalue weighted by atomic mass is 10.2. The highest BCUT2D eigenvalue weighted by molar-refractivity contribution is 6.01. The van der Waals surface area contributed by atoms with Gasteiger partial charge in [-0.05, 0) is 51.0 Å². The summed E-state index contributed by atoms with van der Waals surface area (Å²) in [6.45, 7) is 5.30. The minimum atomic E-state index is -0.192. The third kappa shape index (κ3) is 4.65. The van der Waals surface area contributed by atoms with Crippen molar-refractivity contribution in [1.29, 1.82) is 0 Å². The van der Waals surface area contributed by atoms with Crippen molar-refractivity contribution in [1.82, 2.24) is 14.8 Å². The second kappa shape index (κ2) is 8.47. The van der Waals surface area contributed by atoms with Gasteiger partial charge in [0.25, 0.3) is 0 Å². The Balaban J connectivity index is 1.59. The van der Waals surface area contributed by atoms with Gasteiger partial charge in [-0.3, -0.25) is 4.90 Å². The van der Waals surface area contributed by atoms with Crippen LogP contribution in [0.1, 0.15) is 42.0 Å². The molecule has 0 unspecified atom stereocenters. The number of rotatable bonds is 4. The van der Waals surface area contributed by atoms with Crippen molar-refractivity contribution >= 4 is 17.4 Å². The maximum Gasteiger partial charge on any atom is 0.326 e. The quantitative estimate of drug-likeness (QED) is 0.693. The second-order valence-corrected chi connectivity index (χ2v) is 7.70. The van der Waals surface area contributed by atoms with Gasteiger partial charge in [-0.2, -0.15) is 5.10 Å². The number of nitrogens with zero attached hydrogens (tertiary/aromatic N) is 4. The number of fused-ring (bicyclic) bond motifs is 1. The van der Waals surface area contributed by atoms with E-state index in [0.29, 0.717) is 12.4 Å². The van der Waals surface area contributed by atoms with E-state index in [4.69, 9.17) is 4.98 Å². The fraction of sp³-hybridized carbons (Fsp3) is 0.348. The Hall–Kier alpha value is -3.15. The van der Waals surface area contributed by atoms with Crippen LogP contribution in [0.15, 0.2) is 48.5 Å². The van der Waals surface area contributed by atoms with Crippen molar-refractivity contribution in [2.24, 2.45) is 0 Å². The summed E-state index contributed by atoms with van der Waals surface area (Å²) in [6, 6.07) is 15.6. The molecule has 6 nitrogen and oxygen atoms in total. The van der Waals surface area contributed by atoms with Gasteiger partial charge in [-0.15, -0.1) is 0 Å². The predicted octanol–water partition coefficient (Wildman–Crippen LogP) is 4.86. The minimum Gasteiger partial charge on any atom is -0.308 e. The molecule has 1 N–H and O–H groups in total. The molecule has 1 aromatic heterocycles. The molecule has 0 atom stereocenters. The first-order chi connectivity index (χ1) is 14.1. The number of aryl methyl sites for hydroxylation is 4. The molecule has 0 spiro atoms. The van der Waals surface area contributed by atoms with Crippen LogP contribution in [0.3, 0.4) is 0 Å². The first-order valence-corrected chi connectivity index (χ1v) is 10.2. The number of hydrogen-bond acceptors (Lipinski definition) is 3. The number of urea groups is 1. The smallest absolute Gasteiger partial charge is 0.308 e. The van der Waals surface area contributed by atoms with Crippen LogP contribution in [0, 0.1) is 13.8 Å². The van der Waals surface area contributed by atoms with Gasteiger partial charge in [0.2, 0.25) is 0 Å². The van der Waals surface area contributed by atoms with Crippen LogP contribution >= 0.6 is 0 Å². The van der Waals surface area contributed by atoms with Crippen LogP contribution in [0.25, 0.3) is 0 Å². The monoisotopic (exact) mass is 389 g/mol. The largest absolute Gasteiger partial charge is 0.326 e. The molecule has 1 aliphatic heterocycles. The van der Waals surface area contributed by atoms with Gasteiger partial charge < -0.3 is 5.32 Å². The second-order valence-electron chi connectivity index (χ2n) is 7.70. The molecule has 0 fully saturated rings. The van der Waals surface area contributed by atoms with Crippen molar-refractivity contribution in [2.75, 3.05) is 10.2 Å². The Morgan fingerprint density at radius 2 is 1.69 bits per heavy atom. The summed E-state index contributed by atoms with van der Waals surface area (Å²) in [4.78, 5) is 19.6. The Morgan fingerprint density at radius 3 is 2.41 bits per heavy atom. The fourth-order valence-corrected chi connectivity index (χ4v) is 3.55. The van der Waals surface area contributed by atoms with E-state index in [1.165, 1.54) is 6.42 Å². The lowest BCUT2D eigenvalue weighted by molar-refractivity contribution is 0.256. The number of aromatic nitrogens is 3. The highest BCUT2D eigenvalue weighted by atomic mass is 16.2. The summed E-state index contributed by atoms with van der Waals surface area (Å²) in [5, 5.41) is 7.68. The lowest BCUT2D eigenvalue weighted by Gasteiger charge is -2.22. The highest BCUT2D eigenvalue weighted by Gasteiger charge is 2.20. The molecule has 3 aromatic rings. The summed E-state index contributed by atoms with van der Waals surface area (Å²) < 4.78 is 2.01. The molecule has 0 saturated heterocycles. The van der Waals surface area contributed by atoms with Crippen LogP contribution in [0.4, 0.5) is 16.2 Å². The van der Waals surface area contributed by atoms with Crippen LogP contribution in [-0.2, 0) is 19.5 Å². The molecule has 2 amide bonds. The Morgan fingerprint density at radius 1 is 1.00 bits per heavy atom. The number of benzene rings is 2. The molecule has 1 aliphatic rings. The fourth-order valence-electron chi connectivity index (χ4n) is 3.55. The SMILES string of the molecule is Cc1ccc(NC(=O)N(Cc2nc3n(n2)CCCCC3)c2ccc(C)cc2)cc1. The van der Waals surface area contributed by atoms with Crippen molar-refractivity contribution in [3.8, 4) is 0 Å². The number of hydrogen-bond donors (Lipinski definition) is 1. The average molecular weight is 390 g/mol. The molecule has 2 heterocycles. The molecular formula is C23H27N5O. The van der Waals surface area contributed by atoms with Crippen LogP contribution in [-0.4, -0.2) is 20.8 Å². The van der Waals surface area contributed by atoms with E-state index in [9.17, 15) is 4.79 Å². The Kier molecular flexibility index (Phi) is 5.60. The summed E-state index contributed by atoms with van der Waals surface area (Å²) in [5.41, 5.74) is 3.90. The van der Waals surface area contributed by atoms with Crippen LogP contribution < -0.4 is 10.2 Å². The first-order valence-electron chi connectivity index (χ1n) is 10.2. The van der Waals surface area contributed by atoms with Gasteiger partial charge in [0.05, 0.1) is 6.54 Å². The number of carbonyl (C=O) groups excluding carboxylic acids is 1. The Bertz CT molecular complexity index is 952. The average Bonchev–Trinajstić information content (AvgIpc) is 2.97. The number of amides is 2. The Labute approximate surface area is 171 Å². The zero-order valence-corrected chi connectivity index (χ0v) is 17.1. The zero-order chi connectivity index (χ0) is 20.2. The third-order valence-electron chi connectivity index (χ3n) is 5.26. The number of nitrogens with one attached hydrogen (secondary N) is 1. The summed E-state index contributed by atoms with van der Waals surface area (Å²) >= 11 is 0. The predicted molar refractivity (Wildman–Crippen MR) is 115 cm³/mol. The summed E-state index contributed by atoms with van der Waals surface area (Å²) in [7, 11) is 0. The third-order valence-corrected chi connectivity index (χ3v) is 5.26. The molecule has 29 heavy (non-hydrogen) atoms. The topological polar surface area (TPSA) is 63.1 Å². The van der Waals surface area contributed by atoms with E-state index in [-0.39, 0.29) is 6.03 Å². The standard InChI is InChI=1S/C23H27N5O/c1-17-7-11-19(12-8-17)24-23(29)27(20-13-9-18(2)10-14-20)16-21-25-22-6-4-3-5-15-28(22)26-21/h7-14H,3-6,15-16H2,1-2H3,(H,24,29). The molecule has 0 bridgehead atoms. The van der Waals surface area contributed by atoms with Crippen LogP contribution in [0.5, 0.6) is 0 Å². The van der Waals surface area contributed by atoms with Gasteiger partial charge in [-0.1, -0.05) is 41.8 Å². The van der Waals surface area contributed by atoms with Gasteiger partial charge in [0.1, 0.15) is 5.82 Å². The van der Waals surface area contributed by atoms with Gasteiger partial charge >= 0.3 is 6.03 Å². The summed E-state index contributed by atoms with van der Waals surface area (Å²) in [5.74, 6) is 1.71. The lowest BCUT2D eigenvalue weighted by Crippen LogP contribution is -2.35. The van der Waals surface area contributed by atoms with Gasteiger partial charge in [0, 0.05) is 24.3 Å². The van der Waals surface area contributed by atoms with Crippen molar-refractivity contribution in [3.05, 3.63) is 71.3 Å². The molecule has 2 aromatic carbocycles. The molecular weight excluding hydrogens is 362 g/mol. The number of anilines is 2. The molecule has 4 rings (SSSR count). The summed E-state index contributed by atoms with van der Waals surface area (Å²) in [6.07, 6.45) is 4.45. The van der Waals surface area contributed by atoms with E-state index >= 15 is 0 Å². The van der Waals surface area contributed by atoms with E-state index in [1.54, 1.807) is 4.90 Å². The van der Waals surface area contributed by atoms with Crippen LogP contribution in [0.2, 0.25) is 0 Å². The maximum atomic E-state index is 13.1. The molecule has 0 saturated carbocycles.